The van der Waals surface area contributed by atoms with E-state index in [1.54, 1.807) is 29.3 Å². The average molecular weight is 338 g/mol. The molecule has 2 heterocycles. The summed E-state index contributed by atoms with van der Waals surface area (Å²) in [6, 6.07) is 9.28. The molecule has 0 saturated heterocycles. The molecular formula is C18H22N6O. The third-order valence-corrected chi connectivity index (χ3v) is 3.93. The summed E-state index contributed by atoms with van der Waals surface area (Å²) in [6.45, 7) is 6.45. The molecule has 0 aliphatic rings. The van der Waals surface area contributed by atoms with Crippen LogP contribution in [0.5, 0.6) is 0 Å². The lowest BCUT2D eigenvalue weighted by Gasteiger charge is -2.18. The van der Waals surface area contributed by atoms with Crippen LogP contribution in [-0.4, -0.2) is 30.5 Å². The smallest absolute Gasteiger partial charge is 0.256 e. The molecule has 1 aromatic carbocycles. The fourth-order valence-corrected chi connectivity index (χ4v) is 2.87. The number of anilines is 1. The van der Waals surface area contributed by atoms with Gasteiger partial charge in [-0.15, -0.1) is 0 Å². The molecule has 130 valence electrons. The van der Waals surface area contributed by atoms with Gasteiger partial charge >= 0.3 is 0 Å². The molecule has 0 bridgehead atoms. The number of aromatic nitrogens is 5. The van der Waals surface area contributed by atoms with Crippen LogP contribution in [0.3, 0.4) is 0 Å². The van der Waals surface area contributed by atoms with Crippen molar-refractivity contribution in [2.45, 2.75) is 33.2 Å². The number of carbonyl (C=O) groups is 1. The van der Waals surface area contributed by atoms with E-state index in [1.165, 1.54) is 6.33 Å². The monoisotopic (exact) mass is 338 g/mol. The topological polar surface area (TPSA) is 77.6 Å². The molecule has 3 aromatic rings. The van der Waals surface area contributed by atoms with Gasteiger partial charge in [-0.3, -0.25) is 4.79 Å². The van der Waals surface area contributed by atoms with Crippen molar-refractivity contribution >= 4 is 11.7 Å². The first-order valence-electron chi connectivity index (χ1n) is 8.34. The number of rotatable bonds is 6. The highest BCUT2D eigenvalue weighted by Crippen LogP contribution is 2.21. The molecule has 7 nitrogen and oxygen atoms in total. The molecule has 25 heavy (non-hydrogen) atoms. The van der Waals surface area contributed by atoms with E-state index in [4.69, 9.17) is 0 Å². The Balaban J connectivity index is 1.78. The van der Waals surface area contributed by atoms with Gasteiger partial charge in [-0.2, -0.15) is 10.2 Å². The van der Waals surface area contributed by atoms with Gasteiger partial charge in [0.2, 0.25) is 0 Å². The van der Waals surface area contributed by atoms with E-state index in [1.807, 2.05) is 22.9 Å². The van der Waals surface area contributed by atoms with Crippen molar-refractivity contribution in [3.63, 3.8) is 0 Å². The first kappa shape index (κ1) is 16.9. The van der Waals surface area contributed by atoms with Crippen molar-refractivity contribution in [2.24, 2.45) is 5.92 Å². The minimum atomic E-state index is -0.180. The molecule has 0 spiro atoms. The van der Waals surface area contributed by atoms with Gasteiger partial charge in [0.15, 0.2) is 0 Å². The van der Waals surface area contributed by atoms with Crippen LogP contribution in [0.4, 0.5) is 5.82 Å². The van der Waals surface area contributed by atoms with Crippen molar-refractivity contribution in [3.05, 3.63) is 54.7 Å². The molecule has 1 amide bonds. The van der Waals surface area contributed by atoms with Crippen LogP contribution in [0.25, 0.3) is 5.69 Å². The first-order chi connectivity index (χ1) is 12.0. The van der Waals surface area contributed by atoms with Gasteiger partial charge in [-0.05, 0) is 37.5 Å². The summed E-state index contributed by atoms with van der Waals surface area (Å²) >= 11 is 0. The first-order valence-corrected chi connectivity index (χ1v) is 8.34. The summed E-state index contributed by atoms with van der Waals surface area (Å²) in [6.07, 6.45) is 5.76. The fraction of sp³-hybridized carbons (Fsp3) is 0.333. The number of hydrogen-bond acceptors (Lipinski definition) is 4. The molecule has 2 aromatic heterocycles. The van der Waals surface area contributed by atoms with Crippen molar-refractivity contribution in [1.29, 1.82) is 0 Å². The van der Waals surface area contributed by atoms with E-state index in [0.29, 0.717) is 17.3 Å². The molecule has 3 rings (SSSR count). The number of benzene rings is 1. The number of carbonyl (C=O) groups excluding carboxylic acids is 1. The average Bonchev–Trinajstić information content (AvgIpc) is 3.26. The quantitative estimate of drug-likeness (QED) is 0.748. The summed E-state index contributed by atoms with van der Waals surface area (Å²) < 4.78 is 3.48. The highest BCUT2D eigenvalue weighted by Gasteiger charge is 2.15. The van der Waals surface area contributed by atoms with Crippen LogP contribution in [0.2, 0.25) is 0 Å². The lowest BCUT2D eigenvalue weighted by atomic mass is 10.1. The predicted octanol–water partition coefficient (Wildman–Crippen LogP) is 3.32. The standard InChI is InChI=1S/C18H22N6O/c1-13(2)9-14(3)24-17(7-8-20-24)22-18(25)15-5-4-6-16(10-15)23-12-19-11-21-23/h4-8,10-14H,9H2,1-3H3,(H,22,25). The van der Waals surface area contributed by atoms with Gasteiger partial charge in [-0.25, -0.2) is 14.3 Å². The minimum absolute atomic E-state index is 0.180. The van der Waals surface area contributed by atoms with Gasteiger partial charge in [0, 0.05) is 11.6 Å². The number of amides is 1. The number of nitrogens with zero attached hydrogens (tertiary/aromatic N) is 5. The van der Waals surface area contributed by atoms with E-state index in [9.17, 15) is 4.79 Å². The second-order valence-electron chi connectivity index (χ2n) is 6.48. The molecule has 1 N–H and O–H groups in total. The van der Waals surface area contributed by atoms with Crippen LogP contribution < -0.4 is 5.32 Å². The zero-order valence-corrected chi connectivity index (χ0v) is 14.6. The lowest BCUT2D eigenvalue weighted by molar-refractivity contribution is 0.102. The Morgan fingerprint density at radius 2 is 2.04 bits per heavy atom. The van der Waals surface area contributed by atoms with Gasteiger partial charge in [-0.1, -0.05) is 19.9 Å². The Morgan fingerprint density at radius 3 is 2.76 bits per heavy atom. The van der Waals surface area contributed by atoms with E-state index in [2.05, 4.69) is 41.3 Å². The molecule has 0 saturated carbocycles. The minimum Gasteiger partial charge on any atom is -0.307 e. The molecule has 1 atom stereocenters. The lowest BCUT2D eigenvalue weighted by Crippen LogP contribution is -2.18. The summed E-state index contributed by atoms with van der Waals surface area (Å²) in [7, 11) is 0. The predicted molar refractivity (Wildman–Crippen MR) is 95.7 cm³/mol. The zero-order valence-electron chi connectivity index (χ0n) is 14.6. The van der Waals surface area contributed by atoms with Crippen LogP contribution in [-0.2, 0) is 0 Å². The van der Waals surface area contributed by atoms with Gasteiger partial charge < -0.3 is 5.32 Å². The maximum Gasteiger partial charge on any atom is 0.256 e. The van der Waals surface area contributed by atoms with Crippen molar-refractivity contribution in [1.82, 2.24) is 24.5 Å². The third-order valence-electron chi connectivity index (χ3n) is 3.93. The Bertz CT molecular complexity index is 837. The van der Waals surface area contributed by atoms with Crippen LogP contribution in [0, 0.1) is 5.92 Å². The summed E-state index contributed by atoms with van der Waals surface area (Å²) in [5.41, 5.74) is 1.34. The Hall–Kier alpha value is -2.96. The maximum atomic E-state index is 12.6. The van der Waals surface area contributed by atoms with Crippen molar-refractivity contribution in [3.8, 4) is 5.69 Å². The van der Waals surface area contributed by atoms with E-state index in [-0.39, 0.29) is 11.9 Å². The van der Waals surface area contributed by atoms with Gasteiger partial charge in [0.05, 0.1) is 17.9 Å². The fourth-order valence-electron chi connectivity index (χ4n) is 2.87. The molecule has 0 aliphatic carbocycles. The number of hydrogen-bond donors (Lipinski definition) is 1. The molecule has 0 aliphatic heterocycles. The summed E-state index contributed by atoms with van der Waals surface area (Å²) in [4.78, 5) is 16.6. The third kappa shape index (κ3) is 3.93. The van der Waals surface area contributed by atoms with E-state index >= 15 is 0 Å². The summed E-state index contributed by atoms with van der Waals surface area (Å²) in [5.74, 6) is 1.08. The van der Waals surface area contributed by atoms with Crippen LogP contribution in [0.1, 0.15) is 43.6 Å². The van der Waals surface area contributed by atoms with Crippen molar-refractivity contribution < 1.29 is 4.79 Å². The van der Waals surface area contributed by atoms with Crippen LogP contribution >= 0.6 is 0 Å². The summed E-state index contributed by atoms with van der Waals surface area (Å²) in [5, 5.41) is 11.4. The van der Waals surface area contributed by atoms with Crippen molar-refractivity contribution in [2.75, 3.05) is 5.32 Å². The number of nitrogens with one attached hydrogen (secondary N) is 1. The van der Waals surface area contributed by atoms with E-state index < -0.39 is 0 Å². The van der Waals surface area contributed by atoms with Gasteiger partial charge in [0.25, 0.3) is 5.91 Å². The Labute approximate surface area is 146 Å². The Kier molecular flexibility index (Phi) is 4.92. The maximum absolute atomic E-state index is 12.6. The highest BCUT2D eigenvalue weighted by atomic mass is 16.1. The second-order valence-corrected chi connectivity index (χ2v) is 6.48. The molecule has 7 heteroatoms. The largest absolute Gasteiger partial charge is 0.307 e. The molecular weight excluding hydrogens is 316 g/mol. The highest BCUT2D eigenvalue weighted by molar-refractivity contribution is 6.04. The molecule has 1 unspecified atom stereocenters. The molecule has 0 fully saturated rings. The second kappa shape index (κ2) is 7.29. The Morgan fingerprint density at radius 1 is 1.20 bits per heavy atom. The van der Waals surface area contributed by atoms with Gasteiger partial charge in [0.1, 0.15) is 18.5 Å². The van der Waals surface area contributed by atoms with Crippen LogP contribution in [0.15, 0.2) is 49.2 Å². The normalized spacial score (nSPS) is 12.3. The molecule has 0 radical (unpaired) electrons. The zero-order chi connectivity index (χ0) is 17.8. The SMILES string of the molecule is CC(C)CC(C)n1nccc1NC(=O)c1cccc(-n2cncn2)c1. The van der Waals surface area contributed by atoms with E-state index in [0.717, 1.165) is 12.1 Å².